The average molecular weight is 454 g/mol. The minimum Gasteiger partial charge on any atom is -0.379 e. The summed E-state index contributed by atoms with van der Waals surface area (Å²) in [6.45, 7) is 1.60. The van der Waals surface area contributed by atoms with Gasteiger partial charge in [-0.2, -0.15) is 13.2 Å². The molecule has 0 radical (unpaired) electrons. The number of carbonyl (C=O) groups is 1. The summed E-state index contributed by atoms with van der Waals surface area (Å²) >= 11 is 5.65. The maximum atomic E-state index is 14.4. The van der Waals surface area contributed by atoms with Crippen LogP contribution in [0.5, 0.6) is 0 Å². The summed E-state index contributed by atoms with van der Waals surface area (Å²) in [5.74, 6) is -1.40. The molecule has 0 bridgehead atoms. The number of nitrogens with zero attached hydrogens (tertiary/aromatic N) is 2. The van der Waals surface area contributed by atoms with E-state index in [1.165, 1.54) is 30.6 Å². The van der Waals surface area contributed by atoms with E-state index in [0.29, 0.717) is 11.3 Å². The number of rotatable bonds is 5. The monoisotopic (exact) mass is 453 g/mol. The molecule has 0 fully saturated rings. The van der Waals surface area contributed by atoms with Gasteiger partial charge in [-0.25, -0.2) is 9.37 Å². The lowest BCUT2D eigenvalue weighted by molar-refractivity contribution is -0.206. The number of amides is 1. The second-order valence-corrected chi connectivity index (χ2v) is 7.17. The molecule has 0 spiro atoms. The van der Waals surface area contributed by atoms with Crippen LogP contribution in [0, 0.1) is 12.7 Å². The molecule has 10 heteroatoms. The molecule has 0 saturated heterocycles. The van der Waals surface area contributed by atoms with Gasteiger partial charge in [-0.1, -0.05) is 23.7 Å². The molecule has 0 saturated carbocycles. The van der Waals surface area contributed by atoms with Crippen LogP contribution in [-0.2, 0) is 6.54 Å². The van der Waals surface area contributed by atoms with Crippen LogP contribution >= 0.6 is 11.6 Å². The summed E-state index contributed by atoms with van der Waals surface area (Å²) < 4.78 is 53.7. The Labute approximate surface area is 179 Å². The van der Waals surface area contributed by atoms with Crippen molar-refractivity contribution in [2.24, 2.45) is 0 Å². The Bertz CT molecular complexity index is 1100. The predicted octanol–water partition coefficient (Wildman–Crippen LogP) is 4.77. The van der Waals surface area contributed by atoms with Crippen LogP contribution in [-0.4, -0.2) is 27.2 Å². The van der Waals surface area contributed by atoms with Crippen LogP contribution < -0.4 is 5.32 Å². The van der Waals surface area contributed by atoms with Gasteiger partial charge in [0, 0.05) is 11.1 Å². The highest BCUT2D eigenvalue weighted by Crippen LogP contribution is 2.35. The Hall–Kier alpha value is -3.04. The van der Waals surface area contributed by atoms with E-state index in [1.807, 2.05) is 0 Å². The molecule has 0 aliphatic heterocycles. The van der Waals surface area contributed by atoms with Crippen molar-refractivity contribution >= 4 is 17.5 Å². The fraction of sp³-hybridized carbons (Fsp3) is 0.190. The molecule has 3 rings (SSSR count). The molecule has 0 aliphatic carbocycles. The Morgan fingerprint density at radius 1 is 1.16 bits per heavy atom. The van der Waals surface area contributed by atoms with Gasteiger partial charge in [0.25, 0.3) is 5.91 Å². The van der Waals surface area contributed by atoms with E-state index in [-0.39, 0.29) is 28.4 Å². The number of halogens is 5. The zero-order valence-electron chi connectivity index (χ0n) is 16.0. The van der Waals surface area contributed by atoms with Gasteiger partial charge in [-0.05, 0) is 47.9 Å². The highest BCUT2D eigenvalue weighted by molar-refractivity contribution is 6.29. The Morgan fingerprint density at radius 3 is 2.52 bits per heavy atom. The second-order valence-electron chi connectivity index (χ2n) is 6.78. The number of alkyl halides is 3. The summed E-state index contributed by atoms with van der Waals surface area (Å²) in [5.41, 5.74) is 0.247. The third-order valence-electron chi connectivity index (χ3n) is 4.38. The van der Waals surface area contributed by atoms with Crippen molar-refractivity contribution in [2.45, 2.75) is 25.7 Å². The lowest BCUT2D eigenvalue weighted by atomic mass is 9.96. The fourth-order valence-corrected chi connectivity index (χ4v) is 2.94. The van der Waals surface area contributed by atoms with Gasteiger partial charge in [0.15, 0.2) is 6.10 Å². The molecular weight excluding hydrogens is 438 g/mol. The smallest absolute Gasteiger partial charge is 0.379 e. The van der Waals surface area contributed by atoms with Gasteiger partial charge in [0.05, 0.1) is 24.6 Å². The van der Waals surface area contributed by atoms with Crippen molar-refractivity contribution in [1.29, 1.82) is 0 Å². The predicted molar refractivity (Wildman–Crippen MR) is 106 cm³/mol. The van der Waals surface area contributed by atoms with Gasteiger partial charge in [0.1, 0.15) is 11.0 Å². The molecule has 2 aromatic carbocycles. The quantitative estimate of drug-likeness (QED) is 0.546. The van der Waals surface area contributed by atoms with Crippen LogP contribution in [0.15, 0.2) is 48.8 Å². The van der Waals surface area contributed by atoms with E-state index in [0.717, 1.165) is 12.1 Å². The van der Waals surface area contributed by atoms with Crippen LogP contribution in [0.3, 0.4) is 0 Å². The van der Waals surface area contributed by atoms with Crippen molar-refractivity contribution in [3.8, 4) is 11.1 Å². The topological polar surface area (TPSA) is 75.1 Å². The number of aliphatic hydroxyl groups is 1. The van der Waals surface area contributed by atoms with Gasteiger partial charge in [-0.3, -0.25) is 9.78 Å². The van der Waals surface area contributed by atoms with Crippen molar-refractivity contribution in [3.63, 3.8) is 0 Å². The first kappa shape index (κ1) is 22.6. The molecule has 2 N–H and O–H groups in total. The highest BCUT2D eigenvalue weighted by atomic mass is 35.5. The maximum Gasteiger partial charge on any atom is 0.418 e. The molecule has 1 unspecified atom stereocenters. The number of aromatic nitrogens is 2. The summed E-state index contributed by atoms with van der Waals surface area (Å²) in [6, 6.07) is 7.38. The molecule has 1 aromatic heterocycles. The first-order valence-corrected chi connectivity index (χ1v) is 9.33. The number of benzene rings is 2. The number of nitrogens with one attached hydrogen (secondary N) is 1. The largest absolute Gasteiger partial charge is 0.418 e. The first-order chi connectivity index (χ1) is 14.5. The maximum absolute atomic E-state index is 14.4. The molecule has 162 valence electrons. The highest BCUT2D eigenvalue weighted by Gasteiger charge is 2.39. The number of aliphatic hydroxyl groups excluding tert-OH is 1. The van der Waals surface area contributed by atoms with Crippen LogP contribution in [0.4, 0.5) is 17.6 Å². The van der Waals surface area contributed by atoms with E-state index < -0.39 is 29.6 Å². The number of aryl methyl sites for hydroxylation is 1. The molecule has 5 nitrogen and oxygen atoms in total. The SMILES string of the molecule is Cc1ccc(-c2cc(C(=O)NCc3cnc(Cl)cn3)cc(C(O)C(F)(F)F)c2)c(F)c1. The zero-order valence-corrected chi connectivity index (χ0v) is 16.8. The van der Waals surface area contributed by atoms with E-state index in [2.05, 4.69) is 15.3 Å². The van der Waals surface area contributed by atoms with Crippen molar-refractivity contribution in [3.05, 3.63) is 82.1 Å². The summed E-state index contributed by atoms with van der Waals surface area (Å²) in [5, 5.41) is 12.4. The standard InChI is InChI=1S/C21H16ClF4N3O2/c1-11-2-3-16(17(23)4-11)12-5-13(19(30)21(24,25)26)7-14(6-12)20(31)29-9-15-8-28-18(22)10-27-15/h2-8,10,19,30H,9H2,1H3,(H,29,31). The van der Waals surface area contributed by atoms with Crippen LogP contribution in [0.25, 0.3) is 11.1 Å². The Kier molecular flexibility index (Phi) is 6.56. The summed E-state index contributed by atoms with van der Waals surface area (Å²) in [7, 11) is 0. The number of hydrogen-bond donors (Lipinski definition) is 2. The van der Waals surface area contributed by atoms with Gasteiger partial charge in [0.2, 0.25) is 0 Å². The molecule has 31 heavy (non-hydrogen) atoms. The second kappa shape index (κ2) is 8.99. The minimum absolute atomic E-state index is 0.000516. The van der Waals surface area contributed by atoms with Crippen molar-refractivity contribution < 1.29 is 27.5 Å². The molecule has 1 heterocycles. The average Bonchev–Trinajstić information content (AvgIpc) is 2.71. The van der Waals surface area contributed by atoms with Gasteiger partial charge in [-0.15, -0.1) is 0 Å². The lowest BCUT2D eigenvalue weighted by Crippen LogP contribution is -2.25. The van der Waals surface area contributed by atoms with E-state index in [9.17, 15) is 27.5 Å². The van der Waals surface area contributed by atoms with E-state index in [4.69, 9.17) is 11.6 Å². The Balaban J connectivity index is 1.97. The summed E-state index contributed by atoms with van der Waals surface area (Å²) in [6.07, 6.45) is -5.19. The number of carbonyl (C=O) groups excluding carboxylic acids is 1. The molecule has 3 aromatic rings. The Morgan fingerprint density at radius 2 is 1.90 bits per heavy atom. The first-order valence-electron chi connectivity index (χ1n) is 8.95. The fourth-order valence-electron chi connectivity index (χ4n) is 2.84. The summed E-state index contributed by atoms with van der Waals surface area (Å²) in [4.78, 5) is 20.4. The molecule has 0 aliphatic rings. The van der Waals surface area contributed by atoms with Crippen LogP contribution in [0.2, 0.25) is 5.15 Å². The van der Waals surface area contributed by atoms with Crippen molar-refractivity contribution in [2.75, 3.05) is 0 Å². The van der Waals surface area contributed by atoms with Gasteiger partial charge >= 0.3 is 6.18 Å². The normalized spacial score (nSPS) is 12.5. The molecular formula is C21H16ClF4N3O2. The zero-order chi connectivity index (χ0) is 22.8. The van der Waals surface area contributed by atoms with E-state index >= 15 is 0 Å². The number of hydrogen-bond acceptors (Lipinski definition) is 4. The third kappa shape index (κ3) is 5.56. The van der Waals surface area contributed by atoms with Gasteiger partial charge < -0.3 is 10.4 Å². The van der Waals surface area contributed by atoms with Crippen molar-refractivity contribution in [1.82, 2.24) is 15.3 Å². The minimum atomic E-state index is -4.96. The van der Waals surface area contributed by atoms with E-state index in [1.54, 1.807) is 13.0 Å². The third-order valence-corrected chi connectivity index (χ3v) is 4.58. The molecule has 1 amide bonds. The molecule has 1 atom stereocenters. The lowest BCUT2D eigenvalue weighted by Gasteiger charge is -2.17. The van der Waals surface area contributed by atoms with Crippen LogP contribution in [0.1, 0.15) is 33.3 Å².